The van der Waals surface area contributed by atoms with Crippen molar-refractivity contribution in [1.82, 2.24) is 0 Å². The second-order valence-corrected chi connectivity index (χ2v) is 10.5. The molecule has 3 aliphatic rings. The molecule has 0 bridgehead atoms. The van der Waals surface area contributed by atoms with Crippen LogP contribution in [0.1, 0.15) is 17.2 Å². The summed E-state index contributed by atoms with van der Waals surface area (Å²) in [5.74, 6) is -3.49. The minimum Gasteiger partial charge on any atom is -0.508 e. The number of rotatable bonds is 7. The first-order chi connectivity index (χ1) is 20.8. The van der Waals surface area contributed by atoms with Crippen molar-refractivity contribution in [1.29, 1.82) is 0 Å². The number of phenolic OH excluding ortho intramolecular Hbond substituents is 5. The van der Waals surface area contributed by atoms with Crippen molar-refractivity contribution in [2.24, 2.45) is 0 Å². The van der Waals surface area contributed by atoms with E-state index in [9.17, 15) is 61.3 Å². The van der Waals surface area contributed by atoms with Crippen molar-refractivity contribution in [3.8, 4) is 34.5 Å². The maximum Gasteiger partial charge on any atom is 0.229 e. The second kappa shape index (κ2) is 12.4. The Hall–Kier alpha value is -3.62. The molecule has 242 valence electrons. The van der Waals surface area contributed by atoms with Crippen molar-refractivity contribution in [3.05, 3.63) is 41.2 Å². The number of benzene rings is 2. The first-order valence-electron chi connectivity index (χ1n) is 13.3. The van der Waals surface area contributed by atoms with Crippen LogP contribution in [0.4, 0.5) is 0 Å². The first kappa shape index (κ1) is 31.8. The average Bonchev–Trinajstić information content (AvgIpc) is 2.99. The largest absolute Gasteiger partial charge is 0.508 e. The van der Waals surface area contributed by atoms with Crippen LogP contribution in [0, 0.1) is 0 Å². The van der Waals surface area contributed by atoms with Gasteiger partial charge in [-0.3, -0.25) is 0 Å². The molecule has 17 nitrogen and oxygen atoms in total. The quantitative estimate of drug-likeness (QED) is 0.139. The zero-order valence-electron chi connectivity index (χ0n) is 22.6. The molecule has 2 fully saturated rings. The number of aliphatic hydroxyl groups excluding tert-OH is 7. The molecule has 11 atom stereocenters. The van der Waals surface area contributed by atoms with Gasteiger partial charge in [-0.25, -0.2) is 0 Å². The monoisotopic (exact) mass is 628 g/mol. The summed E-state index contributed by atoms with van der Waals surface area (Å²) in [4.78, 5) is 0. The fraction of sp³-hybridized carbons (Fsp3) is 0.481. The van der Waals surface area contributed by atoms with Gasteiger partial charge in [0.1, 0.15) is 65.7 Å². The predicted octanol–water partition coefficient (Wildman–Crippen LogP) is -2.67. The minimum atomic E-state index is -1.92. The Morgan fingerprint density at radius 1 is 0.659 bits per heavy atom. The van der Waals surface area contributed by atoms with E-state index in [0.29, 0.717) is 0 Å². The molecular formula is C27H32O17. The number of aliphatic hydroxyl groups is 7. The van der Waals surface area contributed by atoms with Gasteiger partial charge >= 0.3 is 0 Å². The van der Waals surface area contributed by atoms with Crippen LogP contribution in [0.15, 0.2) is 30.0 Å². The zero-order valence-corrected chi connectivity index (χ0v) is 22.6. The van der Waals surface area contributed by atoms with Crippen LogP contribution in [0.25, 0.3) is 6.08 Å². The van der Waals surface area contributed by atoms with Crippen LogP contribution < -0.4 is 4.74 Å². The molecule has 0 aliphatic carbocycles. The molecule has 3 aliphatic heterocycles. The molecule has 44 heavy (non-hydrogen) atoms. The highest BCUT2D eigenvalue weighted by molar-refractivity contribution is 5.70. The fourth-order valence-electron chi connectivity index (χ4n) is 5.11. The van der Waals surface area contributed by atoms with Crippen molar-refractivity contribution >= 4 is 6.08 Å². The van der Waals surface area contributed by atoms with Gasteiger partial charge in [-0.2, -0.15) is 0 Å². The SMILES string of the molecule is OCC1OC(OC2C(OC3=Cc4c(O)cc(O)cc4OC3c3cc(O)c(O)c(O)c3)OC(CO)C(O)C2O)C(O)C(O)C1O. The van der Waals surface area contributed by atoms with Gasteiger partial charge in [0.05, 0.1) is 18.8 Å². The van der Waals surface area contributed by atoms with Crippen LogP contribution in [0.3, 0.4) is 0 Å². The van der Waals surface area contributed by atoms with Crippen molar-refractivity contribution < 1.29 is 85.0 Å². The molecule has 0 amide bonds. The summed E-state index contributed by atoms with van der Waals surface area (Å²) in [6, 6.07) is 4.19. The smallest absolute Gasteiger partial charge is 0.229 e. The van der Waals surface area contributed by atoms with Crippen LogP contribution in [-0.4, -0.2) is 136 Å². The maximum atomic E-state index is 11.0. The summed E-state index contributed by atoms with van der Waals surface area (Å²) in [6.07, 6.45) is -17.6. The van der Waals surface area contributed by atoms with Gasteiger partial charge in [0.15, 0.2) is 35.7 Å². The Kier molecular flexibility index (Phi) is 8.96. The van der Waals surface area contributed by atoms with Gasteiger partial charge in [-0.15, -0.1) is 0 Å². The molecule has 12 N–H and O–H groups in total. The summed E-state index contributed by atoms with van der Waals surface area (Å²) in [6.45, 7) is -1.60. The standard InChI is InChI=1S/C27H32O17/c28-6-16-19(35)21(37)23(39)26(42-16)44-25-22(38)20(36)17(7-29)43-27(25)41-15-5-10-11(31)3-9(30)4-14(10)40-24(15)8-1-12(32)18(34)13(33)2-8/h1-5,16-17,19-39H,6-7H2. The molecule has 17 heteroatoms. The molecule has 2 saturated heterocycles. The highest BCUT2D eigenvalue weighted by Crippen LogP contribution is 2.47. The highest BCUT2D eigenvalue weighted by Gasteiger charge is 2.52. The van der Waals surface area contributed by atoms with E-state index in [1.54, 1.807) is 0 Å². The second-order valence-electron chi connectivity index (χ2n) is 10.5. The molecular weight excluding hydrogens is 596 g/mol. The molecule has 2 aromatic rings. The molecule has 0 saturated carbocycles. The summed E-state index contributed by atoms with van der Waals surface area (Å²) in [5.41, 5.74) is -0.0400. The lowest BCUT2D eigenvalue weighted by molar-refractivity contribution is -0.364. The normalized spacial score (nSPS) is 35.3. The Balaban J connectivity index is 1.53. The molecule has 0 radical (unpaired) electrons. The third-order valence-corrected chi connectivity index (χ3v) is 7.51. The van der Waals surface area contributed by atoms with Gasteiger partial charge in [-0.05, 0) is 18.2 Å². The Labute approximate surface area is 247 Å². The van der Waals surface area contributed by atoms with E-state index < -0.39 is 104 Å². The number of hydrogen-bond acceptors (Lipinski definition) is 17. The first-order valence-corrected chi connectivity index (χ1v) is 13.3. The van der Waals surface area contributed by atoms with Crippen molar-refractivity contribution in [2.75, 3.05) is 13.2 Å². The number of hydrogen-bond donors (Lipinski definition) is 12. The van der Waals surface area contributed by atoms with Crippen LogP contribution >= 0.6 is 0 Å². The molecule has 0 spiro atoms. The lowest BCUT2D eigenvalue weighted by Gasteiger charge is -2.46. The lowest BCUT2D eigenvalue weighted by atomic mass is 9.97. The van der Waals surface area contributed by atoms with E-state index in [-0.39, 0.29) is 28.4 Å². The van der Waals surface area contributed by atoms with Crippen LogP contribution in [-0.2, 0) is 18.9 Å². The average molecular weight is 629 g/mol. The molecule has 11 unspecified atom stereocenters. The fourth-order valence-corrected chi connectivity index (χ4v) is 5.11. The molecule has 5 rings (SSSR count). The Bertz CT molecular complexity index is 1360. The highest BCUT2D eigenvalue weighted by atomic mass is 16.8. The topological polar surface area (TPSA) is 289 Å². The third-order valence-electron chi connectivity index (χ3n) is 7.51. The Morgan fingerprint density at radius 3 is 1.86 bits per heavy atom. The number of aromatic hydroxyl groups is 5. The number of phenols is 5. The van der Waals surface area contributed by atoms with Crippen LogP contribution in [0.5, 0.6) is 34.5 Å². The minimum absolute atomic E-state index is 0.0113. The van der Waals surface area contributed by atoms with E-state index in [1.807, 2.05) is 0 Å². The summed E-state index contributed by atoms with van der Waals surface area (Å²) >= 11 is 0. The van der Waals surface area contributed by atoms with Gasteiger partial charge in [0, 0.05) is 17.7 Å². The summed E-state index contributed by atoms with van der Waals surface area (Å²) in [7, 11) is 0. The number of fused-ring (bicyclic) bond motifs is 1. The van der Waals surface area contributed by atoms with Gasteiger partial charge in [-0.1, -0.05) is 0 Å². The Morgan fingerprint density at radius 2 is 1.25 bits per heavy atom. The summed E-state index contributed by atoms with van der Waals surface area (Å²) < 4.78 is 28.6. The van der Waals surface area contributed by atoms with Crippen molar-refractivity contribution in [3.63, 3.8) is 0 Å². The van der Waals surface area contributed by atoms with E-state index in [0.717, 1.165) is 24.3 Å². The van der Waals surface area contributed by atoms with Crippen molar-refractivity contribution in [2.45, 2.75) is 67.5 Å². The van der Waals surface area contributed by atoms with Gasteiger partial charge in [0.25, 0.3) is 0 Å². The maximum absolute atomic E-state index is 11.0. The van der Waals surface area contributed by atoms with E-state index >= 15 is 0 Å². The van der Waals surface area contributed by atoms with E-state index in [4.69, 9.17) is 23.7 Å². The van der Waals surface area contributed by atoms with E-state index in [1.165, 1.54) is 6.08 Å². The van der Waals surface area contributed by atoms with Crippen LogP contribution in [0.2, 0.25) is 0 Å². The summed E-state index contributed by atoms with van der Waals surface area (Å²) in [5, 5.41) is 122. The molecule has 2 aromatic carbocycles. The van der Waals surface area contributed by atoms with Gasteiger partial charge in [0.2, 0.25) is 6.29 Å². The van der Waals surface area contributed by atoms with Gasteiger partial charge < -0.3 is 85.0 Å². The zero-order chi connectivity index (χ0) is 32.0. The third kappa shape index (κ3) is 5.77. The molecule has 0 aromatic heterocycles. The molecule has 3 heterocycles. The lowest BCUT2D eigenvalue weighted by Crippen LogP contribution is -2.64. The van der Waals surface area contributed by atoms with E-state index in [2.05, 4.69) is 0 Å². The predicted molar refractivity (Wildman–Crippen MR) is 140 cm³/mol. The number of ether oxygens (including phenoxy) is 5.